The fourth-order valence-electron chi connectivity index (χ4n) is 2.72. The van der Waals surface area contributed by atoms with Gasteiger partial charge in [0, 0.05) is 45.8 Å². The average molecular weight is 495 g/mol. The monoisotopic (exact) mass is 495 g/mol. The second-order valence-corrected chi connectivity index (χ2v) is 8.45. The number of halogens is 1. The molecule has 1 saturated heterocycles. The van der Waals surface area contributed by atoms with Crippen LogP contribution in [0.3, 0.4) is 0 Å². The number of nitrogens with one attached hydrogen (secondary N) is 2. The van der Waals surface area contributed by atoms with Crippen LogP contribution in [0.25, 0.3) is 0 Å². The van der Waals surface area contributed by atoms with Crippen LogP contribution in [0.2, 0.25) is 0 Å². The molecule has 0 atom stereocenters. The second kappa shape index (κ2) is 10.4. The third-order valence-corrected chi connectivity index (χ3v) is 6.15. The van der Waals surface area contributed by atoms with Crippen molar-refractivity contribution in [2.24, 2.45) is 4.99 Å². The highest BCUT2D eigenvalue weighted by Crippen LogP contribution is 2.21. The predicted octanol–water partition coefficient (Wildman–Crippen LogP) is 1.31. The van der Waals surface area contributed by atoms with Crippen LogP contribution in [0, 0.1) is 0 Å². The molecule has 0 aliphatic carbocycles. The number of rotatable bonds is 5. The van der Waals surface area contributed by atoms with Gasteiger partial charge in [0.2, 0.25) is 10.0 Å². The maximum absolute atomic E-state index is 13.0. The molecule has 0 bridgehead atoms. The molecule has 9 heteroatoms. The summed E-state index contributed by atoms with van der Waals surface area (Å²) < 4.78 is 27.7. The molecule has 1 heterocycles. The van der Waals surface area contributed by atoms with E-state index in [9.17, 15) is 8.42 Å². The summed E-state index contributed by atoms with van der Waals surface area (Å²) in [5.41, 5.74) is 0.744. The molecule has 148 valence electrons. The molecule has 7 nitrogen and oxygen atoms in total. The standard InChI is InChI=1S/C17H29N5O2S.HI/c1-14(2)20-17(18-3)19-13-15-7-5-6-8-16(15)25(23,24)22-11-9-21(4)10-12-22;/h5-8,14H,9-13H2,1-4H3,(H2,18,19,20);1H. The number of benzene rings is 1. The smallest absolute Gasteiger partial charge is 0.243 e. The van der Waals surface area contributed by atoms with Gasteiger partial charge in [0.1, 0.15) is 0 Å². The molecule has 1 aromatic carbocycles. The van der Waals surface area contributed by atoms with Gasteiger partial charge in [0.25, 0.3) is 0 Å². The van der Waals surface area contributed by atoms with Crippen molar-refractivity contribution in [1.82, 2.24) is 19.8 Å². The van der Waals surface area contributed by atoms with E-state index < -0.39 is 10.0 Å². The molecule has 0 radical (unpaired) electrons. The van der Waals surface area contributed by atoms with Crippen LogP contribution in [0.15, 0.2) is 34.2 Å². The summed E-state index contributed by atoms with van der Waals surface area (Å²) >= 11 is 0. The molecule has 0 amide bonds. The van der Waals surface area contributed by atoms with Crippen LogP contribution in [-0.4, -0.2) is 69.9 Å². The lowest BCUT2D eigenvalue weighted by Crippen LogP contribution is -2.47. The molecule has 1 fully saturated rings. The Morgan fingerprint density at radius 1 is 1.19 bits per heavy atom. The van der Waals surface area contributed by atoms with Gasteiger partial charge < -0.3 is 15.5 Å². The molecule has 26 heavy (non-hydrogen) atoms. The van der Waals surface area contributed by atoms with Gasteiger partial charge in [0.15, 0.2) is 5.96 Å². The summed E-state index contributed by atoms with van der Waals surface area (Å²) in [6, 6.07) is 7.41. The van der Waals surface area contributed by atoms with E-state index in [1.807, 2.05) is 33.0 Å². The zero-order valence-corrected chi connectivity index (χ0v) is 19.0. The Bertz CT molecular complexity index is 701. The maximum Gasteiger partial charge on any atom is 0.243 e. The molecular weight excluding hydrogens is 465 g/mol. The summed E-state index contributed by atoms with van der Waals surface area (Å²) in [7, 11) is 0.221. The van der Waals surface area contributed by atoms with Gasteiger partial charge in [-0.25, -0.2) is 8.42 Å². The van der Waals surface area contributed by atoms with Gasteiger partial charge in [-0.3, -0.25) is 4.99 Å². The number of nitrogens with zero attached hydrogens (tertiary/aromatic N) is 3. The van der Waals surface area contributed by atoms with Gasteiger partial charge >= 0.3 is 0 Å². The van der Waals surface area contributed by atoms with E-state index in [0.29, 0.717) is 30.5 Å². The Morgan fingerprint density at radius 3 is 2.38 bits per heavy atom. The maximum atomic E-state index is 13.0. The quantitative estimate of drug-likeness (QED) is 0.366. The zero-order valence-electron chi connectivity index (χ0n) is 15.9. The van der Waals surface area contributed by atoms with Crippen molar-refractivity contribution in [3.8, 4) is 0 Å². The summed E-state index contributed by atoms with van der Waals surface area (Å²) in [6.07, 6.45) is 0. The molecule has 2 rings (SSSR count). The van der Waals surface area contributed by atoms with E-state index in [4.69, 9.17) is 0 Å². The van der Waals surface area contributed by atoms with Crippen molar-refractivity contribution in [2.45, 2.75) is 31.3 Å². The third-order valence-electron chi connectivity index (χ3n) is 4.15. The Kier molecular flexibility index (Phi) is 9.28. The van der Waals surface area contributed by atoms with Crippen LogP contribution in [0.5, 0.6) is 0 Å². The van der Waals surface area contributed by atoms with Crippen molar-refractivity contribution in [3.63, 3.8) is 0 Å². The number of guanidine groups is 1. The van der Waals surface area contributed by atoms with Gasteiger partial charge in [-0.05, 0) is 32.5 Å². The minimum atomic E-state index is -3.49. The molecule has 0 aromatic heterocycles. The van der Waals surface area contributed by atoms with Gasteiger partial charge in [-0.2, -0.15) is 4.31 Å². The number of aliphatic imine (C=N–C) groups is 1. The number of sulfonamides is 1. The molecule has 2 N–H and O–H groups in total. The van der Waals surface area contributed by atoms with Crippen LogP contribution in [-0.2, 0) is 16.6 Å². The minimum absolute atomic E-state index is 0. The Morgan fingerprint density at radius 2 is 1.81 bits per heavy atom. The van der Waals surface area contributed by atoms with E-state index in [-0.39, 0.29) is 30.0 Å². The van der Waals surface area contributed by atoms with Crippen LogP contribution < -0.4 is 10.6 Å². The first-order valence-electron chi connectivity index (χ1n) is 8.58. The highest BCUT2D eigenvalue weighted by atomic mass is 127. The van der Waals surface area contributed by atoms with E-state index in [2.05, 4.69) is 20.5 Å². The number of likely N-dealkylation sites (N-methyl/N-ethyl adjacent to an activating group) is 1. The minimum Gasteiger partial charge on any atom is -0.354 e. The lowest BCUT2D eigenvalue weighted by atomic mass is 10.2. The van der Waals surface area contributed by atoms with E-state index in [1.54, 1.807) is 23.5 Å². The summed E-state index contributed by atoms with van der Waals surface area (Å²) in [6.45, 7) is 7.01. The summed E-state index contributed by atoms with van der Waals surface area (Å²) in [4.78, 5) is 6.67. The molecule has 1 aliphatic heterocycles. The topological polar surface area (TPSA) is 77.0 Å². The fraction of sp³-hybridized carbons (Fsp3) is 0.588. The van der Waals surface area contributed by atoms with Gasteiger partial charge in [0.05, 0.1) is 4.90 Å². The largest absolute Gasteiger partial charge is 0.354 e. The first-order chi connectivity index (χ1) is 11.8. The normalized spacial score (nSPS) is 17.0. The van der Waals surface area contributed by atoms with Crippen molar-refractivity contribution in [3.05, 3.63) is 29.8 Å². The molecule has 0 spiro atoms. The predicted molar refractivity (Wildman–Crippen MR) is 117 cm³/mol. The van der Waals surface area contributed by atoms with Crippen LogP contribution >= 0.6 is 24.0 Å². The van der Waals surface area contributed by atoms with Crippen molar-refractivity contribution in [1.29, 1.82) is 0 Å². The van der Waals surface area contributed by atoms with E-state index in [0.717, 1.165) is 18.7 Å². The first-order valence-corrected chi connectivity index (χ1v) is 10.0. The summed E-state index contributed by atoms with van der Waals surface area (Å²) in [5.74, 6) is 0.654. The SMILES string of the molecule is CN=C(NCc1ccccc1S(=O)(=O)N1CCN(C)CC1)NC(C)C.I. The fourth-order valence-corrected chi connectivity index (χ4v) is 4.36. The van der Waals surface area contributed by atoms with Crippen molar-refractivity contribution in [2.75, 3.05) is 40.3 Å². The van der Waals surface area contributed by atoms with E-state index >= 15 is 0 Å². The Hall–Kier alpha value is -0.910. The van der Waals surface area contributed by atoms with Gasteiger partial charge in [-0.15, -0.1) is 24.0 Å². The highest BCUT2D eigenvalue weighted by Gasteiger charge is 2.29. The third kappa shape index (κ3) is 6.07. The number of piperazine rings is 1. The molecular formula is C17H30IN5O2S. The average Bonchev–Trinajstić information content (AvgIpc) is 2.59. The molecule has 1 aliphatic rings. The first kappa shape index (κ1) is 23.1. The molecule has 0 unspecified atom stereocenters. The molecule has 1 aromatic rings. The lowest BCUT2D eigenvalue weighted by Gasteiger charge is -2.32. The summed E-state index contributed by atoms with van der Waals surface area (Å²) in [5, 5.41) is 6.39. The van der Waals surface area contributed by atoms with Crippen molar-refractivity contribution >= 4 is 40.0 Å². The van der Waals surface area contributed by atoms with Crippen LogP contribution in [0.4, 0.5) is 0 Å². The van der Waals surface area contributed by atoms with Crippen LogP contribution in [0.1, 0.15) is 19.4 Å². The van der Waals surface area contributed by atoms with Crippen molar-refractivity contribution < 1.29 is 8.42 Å². The second-order valence-electron chi connectivity index (χ2n) is 6.54. The highest BCUT2D eigenvalue weighted by molar-refractivity contribution is 14.0. The Balaban J connectivity index is 0.00000338. The number of hydrogen-bond donors (Lipinski definition) is 2. The zero-order chi connectivity index (χ0) is 18.4. The molecule has 0 saturated carbocycles. The number of hydrogen-bond acceptors (Lipinski definition) is 4. The van der Waals surface area contributed by atoms with Gasteiger partial charge in [-0.1, -0.05) is 18.2 Å². The lowest BCUT2D eigenvalue weighted by molar-refractivity contribution is 0.222. The Labute approximate surface area is 174 Å². The van der Waals surface area contributed by atoms with E-state index in [1.165, 1.54) is 0 Å².